The number of amides is 1. The van der Waals surface area contributed by atoms with Gasteiger partial charge < -0.3 is 14.4 Å². The van der Waals surface area contributed by atoms with E-state index in [4.69, 9.17) is 31.8 Å². The minimum atomic E-state index is -4.13. The van der Waals surface area contributed by atoms with Crippen LogP contribution in [0.3, 0.4) is 0 Å². The van der Waals surface area contributed by atoms with Crippen molar-refractivity contribution in [1.82, 2.24) is 4.90 Å². The van der Waals surface area contributed by atoms with Gasteiger partial charge in [0.1, 0.15) is 5.82 Å². The Balaban J connectivity index is 2.08. The smallest absolute Gasteiger partial charge is 0.261 e. The Morgan fingerprint density at radius 1 is 1.22 bits per heavy atom. The lowest BCUT2D eigenvalue weighted by atomic mass is 10.1. The Kier molecular flexibility index (Phi) is 5.24. The fourth-order valence-electron chi connectivity index (χ4n) is 3.02. The van der Waals surface area contributed by atoms with Crippen molar-refractivity contribution in [3.63, 3.8) is 0 Å². The van der Waals surface area contributed by atoms with E-state index in [-0.39, 0.29) is 45.6 Å². The van der Waals surface area contributed by atoms with Gasteiger partial charge >= 0.3 is 0 Å². The van der Waals surface area contributed by atoms with E-state index in [0.29, 0.717) is 5.56 Å². The van der Waals surface area contributed by atoms with Crippen molar-refractivity contribution in [3.05, 3.63) is 51.8 Å². The molecule has 27 heavy (non-hydrogen) atoms. The Morgan fingerprint density at radius 2 is 1.93 bits per heavy atom. The number of fused-ring (bicyclic) bond motifs is 1. The normalized spacial score (nSPS) is 13.7. The van der Waals surface area contributed by atoms with Gasteiger partial charge in [0.2, 0.25) is 0 Å². The second-order valence-electron chi connectivity index (χ2n) is 5.81. The zero-order chi connectivity index (χ0) is 19.9. The average Bonchev–Trinajstić information content (AvgIpc) is 2.92. The summed E-state index contributed by atoms with van der Waals surface area (Å²) >= 11 is 5.79. The lowest BCUT2D eigenvalue weighted by molar-refractivity contribution is 0.0763. The minimum absolute atomic E-state index is 0.00913. The first kappa shape index (κ1) is 19.7. The lowest BCUT2D eigenvalue weighted by Crippen LogP contribution is -2.23. The van der Waals surface area contributed by atoms with Crippen LogP contribution in [-0.2, 0) is 22.1 Å². The molecule has 1 aliphatic rings. The summed E-state index contributed by atoms with van der Waals surface area (Å²) in [4.78, 5) is 14.1. The molecule has 0 aromatic heterocycles. The SMILES string of the molecule is COc1cc(S(=O)(=O)Cl)c2c(c1OC)C(=O)N(Cc1ccc(F)c(Cl)c1)C2. The number of carbonyl (C=O) groups excluding carboxylic acids is 1. The van der Waals surface area contributed by atoms with Gasteiger partial charge in [0.25, 0.3) is 15.0 Å². The summed E-state index contributed by atoms with van der Waals surface area (Å²) < 4.78 is 47.8. The van der Waals surface area contributed by atoms with Crippen LogP contribution in [0.15, 0.2) is 29.2 Å². The second kappa shape index (κ2) is 7.18. The molecular formula is C17H14Cl2FNO5S. The van der Waals surface area contributed by atoms with Crippen LogP contribution < -0.4 is 9.47 Å². The molecule has 1 amide bonds. The van der Waals surface area contributed by atoms with E-state index >= 15 is 0 Å². The highest BCUT2D eigenvalue weighted by molar-refractivity contribution is 8.13. The summed E-state index contributed by atoms with van der Waals surface area (Å²) in [6.45, 7) is 0.0888. The van der Waals surface area contributed by atoms with Crippen LogP contribution >= 0.6 is 22.3 Å². The molecule has 2 aromatic rings. The largest absolute Gasteiger partial charge is 0.493 e. The van der Waals surface area contributed by atoms with Crippen molar-refractivity contribution >= 4 is 37.2 Å². The number of carbonyl (C=O) groups is 1. The van der Waals surface area contributed by atoms with Crippen molar-refractivity contribution in [2.75, 3.05) is 14.2 Å². The molecule has 0 fully saturated rings. The maximum atomic E-state index is 13.3. The molecule has 0 N–H and O–H groups in total. The van der Waals surface area contributed by atoms with Crippen LogP contribution in [-0.4, -0.2) is 33.4 Å². The van der Waals surface area contributed by atoms with Crippen molar-refractivity contribution in [2.45, 2.75) is 18.0 Å². The van der Waals surface area contributed by atoms with Crippen molar-refractivity contribution in [2.24, 2.45) is 0 Å². The van der Waals surface area contributed by atoms with Crippen molar-refractivity contribution in [3.8, 4) is 11.5 Å². The predicted octanol–water partition coefficient (Wildman–Crippen LogP) is 3.58. The van der Waals surface area contributed by atoms with Gasteiger partial charge in [-0.1, -0.05) is 17.7 Å². The van der Waals surface area contributed by atoms with E-state index in [2.05, 4.69) is 0 Å². The molecule has 0 saturated heterocycles. The number of nitrogens with zero attached hydrogens (tertiary/aromatic N) is 1. The molecule has 1 aliphatic heterocycles. The Morgan fingerprint density at radius 3 is 2.48 bits per heavy atom. The highest BCUT2D eigenvalue weighted by Gasteiger charge is 2.37. The van der Waals surface area contributed by atoms with E-state index < -0.39 is 20.8 Å². The van der Waals surface area contributed by atoms with E-state index in [0.717, 1.165) is 0 Å². The molecule has 0 radical (unpaired) electrons. The average molecular weight is 434 g/mol. The summed E-state index contributed by atoms with van der Waals surface area (Å²) in [5.74, 6) is -0.821. The molecule has 0 aliphatic carbocycles. The number of rotatable bonds is 5. The van der Waals surface area contributed by atoms with Crippen molar-refractivity contribution in [1.29, 1.82) is 0 Å². The lowest BCUT2D eigenvalue weighted by Gasteiger charge is -2.16. The third-order valence-corrected chi connectivity index (χ3v) is 5.88. The van der Waals surface area contributed by atoms with Gasteiger partial charge in [-0.2, -0.15) is 0 Å². The third kappa shape index (κ3) is 3.56. The molecule has 1 heterocycles. The number of halogens is 3. The maximum absolute atomic E-state index is 13.3. The Hall–Kier alpha value is -2.03. The number of hydrogen-bond donors (Lipinski definition) is 0. The van der Waals surface area contributed by atoms with E-state index in [1.165, 1.54) is 43.4 Å². The summed E-state index contributed by atoms with van der Waals surface area (Å²) in [7, 11) is 4.09. The van der Waals surface area contributed by atoms with Gasteiger partial charge in [-0.05, 0) is 17.7 Å². The Labute approximate surface area is 164 Å². The van der Waals surface area contributed by atoms with E-state index in [1.54, 1.807) is 0 Å². The maximum Gasteiger partial charge on any atom is 0.261 e. The van der Waals surface area contributed by atoms with Crippen LogP contribution in [0.4, 0.5) is 4.39 Å². The standard InChI is InChI=1S/C17H14Cl2FNO5S/c1-25-13-6-14(27(19,23)24)10-8-21(17(22)15(10)16(13)26-2)7-9-3-4-12(20)11(18)5-9/h3-6H,7-8H2,1-2H3. The number of benzene rings is 2. The molecule has 0 saturated carbocycles. The van der Waals surface area contributed by atoms with E-state index in [9.17, 15) is 17.6 Å². The molecule has 0 atom stereocenters. The number of hydrogen-bond acceptors (Lipinski definition) is 5. The summed E-state index contributed by atoms with van der Waals surface area (Å²) in [6, 6.07) is 5.33. The summed E-state index contributed by atoms with van der Waals surface area (Å²) in [5, 5.41) is -0.0695. The van der Waals surface area contributed by atoms with Crippen molar-refractivity contribution < 1.29 is 27.1 Å². The zero-order valence-electron chi connectivity index (χ0n) is 14.3. The quantitative estimate of drug-likeness (QED) is 0.673. The topological polar surface area (TPSA) is 72.9 Å². The fraction of sp³-hybridized carbons (Fsp3) is 0.235. The van der Waals surface area contributed by atoms with E-state index in [1.807, 2.05) is 0 Å². The second-order valence-corrected chi connectivity index (χ2v) is 8.75. The predicted molar refractivity (Wildman–Crippen MR) is 97.6 cm³/mol. The van der Waals surface area contributed by atoms with Gasteiger partial charge in [0, 0.05) is 35.4 Å². The van der Waals surface area contributed by atoms with Gasteiger partial charge in [0.05, 0.1) is 29.7 Å². The molecule has 10 heteroatoms. The van der Waals surface area contributed by atoms with Gasteiger partial charge in [-0.25, -0.2) is 12.8 Å². The monoisotopic (exact) mass is 433 g/mol. The molecule has 3 rings (SSSR count). The summed E-state index contributed by atoms with van der Waals surface area (Å²) in [6.07, 6.45) is 0. The molecule has 6 nitrogen and oxygen atoms in total. The highest BCUT2D eigenvalue weighted by atomic mass is 35.7. The molecule has 2 aromatic carbocycles. The molecule has 0 bridgehead atoms. The summed E-state index contributed by atoms with van der Waals surface area (Å²) in [5.41, 5.74) is 0.883. The van der Waals surface area contributed by atoms with Crippen LogP contribution in [0.2, 0.25) is 5.02 Å². The number of methoxy groups -OCH3 is 2. The van der Waals surface area contributed by atoms with Gasteiger partial charge in [-0.3, -0.25) is 4.79 Å². The first-order chi connectivity index (χ1) is 12.7. The number of ether oxygens (including phenoxy) is 2. The van der Waals surface area contributed by atoms with Gasteiger partial charge in [0.15, 0.2) is 11.5 Å². The molecular weight excluding hydrogens is 420 g/mol. The van der Waals surface area contributed by atoms with Crippen LogP contribution in [0.25, 0.3) is 0 Å². The highest BCUT2D eigenvalue weighted by Crippen LogP contribution is 2.43. The fourth-order valence-corrected chi connectivity index (χ4v) is 4.34. The third-order valence-electron chi connectivity index (χ3n) is 4.21. The molecule has 0 spiro atoms. The van der Waals surface area contributed by atoms with Gasteiger partial charge in [-0.15, -0.1) is 0 Å². The van der Waals surface area contributed by atoms with Crippen LogP contribution in [0, 0.1) is 5.82 Å². The first-order valence-corrected chi connectivity index (χ1v) is 10.3. The first-order valence-electron chi connectivity index (χ1n) is 7.63. The molecule has 144 valence electrons. The van der Waals surface area contributed by atoms with Crippen LogP contribution in [0.5, 0.6) is 11.5 Å². The molecule has 0 unspecified atom stereocenters. The minimum Gasteiger partial charge on any atom is -0.493 e. The van der Waals surface area contributed by atoms with Crippen LogP contribution in [0.1, 0.15) is 21.5 Å². The Bertz CT molecular complexity index is 1040. The zero-order valence-corrected chi connectivity index (χ0v) is 16.6.